The summed E-state index contributed by atoms with van der Waals surface area (Å²) in [4.78, 5) is 38.3. The zero-order chi connectivity index (χ0) is 24.2. The Hall–Kier alpha value is -4.43. The fourth-order valence-electron chi connectivity index (χ4n) is 3.74. The number of ether oxygens (including phenoxy) is 1. The Balaban J connectivity index is 1.76. The Morgan fingerprint density at radius 3 is 2.35 bits per heavy atom. The van der Waals surface area contributed by atoms with Gasteiger partial charge in [0.2, 0.25) is 5.91 Å². The van der Waals surface area contributed by atoms with Gasteiger partial charge in [0.05, 0.1) is 36.2 Å². The SMILES string of the molecule is COC(=O)c1ccc2c(c1)NC(=O)/C2=C(\Nc1ccc(N(C)C(=O)CN)cc1)c1ccccc1. The van der Waals surface area contributed by atoms with E-state index in [2.05, 4.69) is 10.6 Å². The van der Waals surface area contributed by atoms with E-state index in [9.17, 15) is 14.4 Å². The molecule has 0 saturated heterocycles. The summed E-state index contributed by atoms with van der Waals surface area (Å²) in [6, 6.07) is 21.7. The normalized spacial score (nSPS) is 13.6. The van der Waals surface area contributed by atoms with Gasteiger partial charge < -0.3 is 26.0 Å². The van der Waals surface area contributed by atoms with Crippen molar-refractivity contribution < 1.29 is 19.1 Å². The number of nitrogens with one attached hydrogen (secondary N) is 2. The van der Waals surface area contributed by atoms with Crippen LogP contribution in [-0.2, 0) is 14.3 Å². The van der Waals surface area contributed by atoms with Gasteiger partial charge in [0.1, 0.15) is 0 Å². The molecule has 4 rings (SSSR count). The maximum Gasteiger partial charge on any atom is 0.337 e. The first-order valence-corrected chi connectivity index (χ1v) is 10.6. The van der Waals surface area contributed by atoms with Crippen LogP contribution in [0.25, 0.3) is 11.3 Å². The van der Waals surface area contributed by atoms with E-state index < -0.39 is 5.97 Å². The van der Waals surface area contributed by atoms with Crippen LogP contribution in [0, 0.1) is 0 Å². The van der Waals surface area contributed by atoms with Crippen LogP contribution >= 0.6 is 0 Å². The fourth-order valence-corrected chi connectivity index (χ4v) is 3.74. The Bertz CT molecular complexity index is 1280. The molecule has 0 atom stereocenters. The van der Waals surface area contributed by atoms with Crippen LogP contribution in [0.15, 0.2) is 72.8 Å². The van der Waals surface area contributed by atoms with E-state index in [-0.39, 0.29) is 18.4 Å². The number of fused-ring (bicyclic) bond motifs is 1. The van der Waals surface area contributed by atoms with E-state index in [0.29, 0.717) is 33.8 Å². The smallest absolute Gasteiger partial charge is 0.337 e. The van der Waals surface area contributed by atoms with Crippen molar-refractivity contribution in [2.75, 3.05) is 36.2 Å². The van der Waals surface area contributed by atoms with Gasteiger partial charge in [-0.15, -0.1) is 0 Å². The number of methoxy groups -OCH3 is 1. The molecule has 34 heavy (non-hydrogen) atoms. The molecule has 3 aromatic carbocycles. The number of nitrogens with zero attached hydrogens (tertiary/aromatic N) is 1. The molecule has 0 radical (unpaired) electrons. The number of esters is 1. The minimum atomic E-state index is -0.478. The number of nitrogens with two attached hydrogens (primary N) is 1. The summed E-state index contributed by atoms with van der Waals surface area (Å²) in [6.45, 7) is -0.0764. The molecule has 4 N–H and O–H groups in total. The van der Waals surface area contributed by atoms with E-state index >= 15 is 0 Å². The predicted octanol–water partition coefficient (Wildman–Crippen LogP) is 3.33. The highest BCUT2D eigenvalue weighted by atomic mass is 16.5. The molecule has 8 nitrogen and oxygen atoms in total. The van der Waals surface area contributed by atoms with Crippen LogP contribution in [0.4, 0.5) is 17.1 Å². The summed E-state index contributed by atoms with van der Waals surface area (Å²) < 4.78 is 4.79. The Kier molecular flexibility index (Phi) is 6.42. The standard InChI is InChI=1S/C26H24N4O4/c1-30(22(31)15-27)19-11-9-18(10-12-19)28-24(16-6-4-3-5-7-16)23-20-13-8-17(26(33)34-2)14-21(20)29-25(23)32/h3-14,28H,15,27H2,1-2H3,(H,29,32)/b24-23-. The van der Waals surface area contributed by atoms with Crippen molar-refractivity contribution in [3.63, 3.8) is 0 Å². The Morgan fingerprint density at radius 1 is 1.00 bits per heavy atom. The zero-order valence-corrected chi connectivity index (χ0v) is 18.8. The van der Waals surface area contributed by atoms with Gasteiger partial charge in [0.15, 0.2) is 0 Å². The van der Waals surface area contributed by atoms with Gasteiger partial charge in [-0.1, -0.05) is 36.4 Å². The molecule has 0 bridgehead atoms. The molecule has 1 aliphatic rings. The number of carbonyl (C=O) groups excluding carboxylic acids is 3. The second-order valence-corrected chi connectivity index (χ2v) is 7.65. The number of likely N-dealkylation sites (N-methyl/N-ethyl adjacent to an activating group) is 1. The third kappa shape index (κ3) is 4.39. The van der Waals surface area contributed by atoms with Crippen molar-refractivity contribution in [1.29, 1.82) is 0 Å². The van der Waals surface area contributed by atoms with Crippen molar-refractivity contribution in [1.82, 2.24) is 0 Å². The van der Waals surface area contributed by atoms with Crippen molar-refractivity contribution in [3.8, 4) is 0 Å². The number of carbonyl (C=O) groups is 3. The number of hydrogen-bond donors (Lipinski definition) is 3. The second kappa shape index (κ2) is 9.60. The molecule has 2 amide bonds. The zero-order valence-electron chi connectivity index (χ0n) is 18.8. The molecular weight excluding hydrogens is 432 g/mol. The highest BCUT2D eigenvalue weighted by Crippen LogP contribution is 2.38. The summed E-state index contributed by atoms with van der Waals surface area (Å²) in [5.74, 6) is -0.958. The first-order chi connectivity index (χ1) is 16.4. The summed E-state index contributed by atoms with van der Waals surface area (Å²) >= 11 is 0. The van der Waals surface area contributed by atoms with Crippen molar-refractivity contribution in [2.45, 2.75) is 0 Å². The van der Waals surface area contributed by atoms with Crippen LogP contribution in [0.5, 0.6) is 0 Å². The lowest BCUT2D eigenvalue weighted by Gasteiger charge is -2.18. The average molecular weight is 457 g/mol. The first-order valence-electron chi connectivity index (χ1n) is 10.6. The average Bonchev–Trinajstić information content (AvgIpc) is 3.21. The molecule has 1 heterocycles. The van der Waals surface area contributed by atoms with Crippen molar-refractivity contribution >= 4 is 46.1 Å². The molecule has 8 heteroatoms. The van der Waals surface area contributed by atoms with E-state index in [1.54, 1.807) is 37.4 Å². The van der Waals surface area contributed by atoms with Gasteiger partial charge in [-0.25, -0.2) is 4.79 Å². The third-order valence-electron chi connectivity index (χ3n) is 5.57. The van der Waals surface area contributed by atoms with Crippen LogP contribution in [-0.4, -0.2) is 38.5 Å². The van der Waals surface area contributed by atoms with Crippen LogP contribution in [0.1, 0.15) is 21.5 Å². The van der Waals surface area contributed by atoms with Gasteiger partial charge in [-0.2, -0.15) is 0 Å². The maximum atomic E-state index is 13.1. The van der Waals surface area contributed by atoms with Crippen LogP contribution in [0.3, 0.4) is 0 Å². The molecule has 0 aromatic heterocycles. The summed E-state index contributed by atoms with van der Waals surface area (Å²) in [6.07, 6.45) is 0. The minimum absolute atomic E-state index is 0.0764. The number of anilines is 3. The van der Waals surface area contributed by atoms with Gasteiger partial charge in [-0.05, 0) is 42.0 Å². The minimum Gasteiger partial charge on any atom is -0.465 e. The van der Waals surface area contributed by atoms with Gasteiger partial charge in [-0.3, -0.25) is 9.59 Å². The molecule has 1 aliphatic heterocycles. The molecular formula is C26H24N4O4. The van der Waals surface area contributed by atoms with E-state index in [0.717, 1.165) is 11.3 Å². The van der Waals surface area contributed by atoms with Crippen LogP contribution < -0.4 is 21.3 Å². The summed E-state index contributed by atoms with van der Waals surface area (Å²) in [5.41, 5.74) is 10.3. The number of benzene rings is 3. The summed E-state index contributed by atoms with van der Waals surface area (Å²) in [7, 11) is 2.98. The van der Waals surface area contributed by atoms with E-state index in [1.807, 2.05) is 42.5 Å². The molecule has 3 aromatic rings. The molecule has 0 saturated carbocycles. The lowest BCUT2D eigenvalue weighted by atomic mass is 9.99. The van der Waals surface area contributed by atoms with Crippen molar-refractivity contribution in [3.05, 3.63) is 89.5 Å². The van der Waals surface area contributed by atoms with Gasteiger partial charge in [0.25, 0.3) is 5.91 Å². The Labute approximate surface area is 197 Å². The highest BCUT2D eigenvalue weighted by molar-refractivity contribution is 6.37. The number of hydrogen-bond acceptors (Lipinski definition) is 6. The Morgan fingerprint density at radius 2 is 1.71 bits per heavy atom. The second-order valence-electron chi connectivity index (χ2n) is 7.65. The van der Waals surface area contributed by atoms with Gasteiger partial charge in [0, 0.05) is 24.0 Å². The monoisotopic (exact) mass is 456 g/mol. The van der Waals surface area contributed by atoms with Crippen LogP contribution in [0.2, 0.25) is 0 Å². The highest BCUT2D eigenvalue weighted by Gasteiger charge is 2.29. The first kappa shape index (κ1) is 22.8. The van der Waals surface area contributed by atoms with E-state index in [4.69, 9.17) is 10.5 Å². The summed E-state index contributed by atoms with van der Waals surface area (Å²) in [5, 5.41) is 6.21. The number of amides is 2. The predicted molar refractivity (Wildman–Crippen MR) is 132 cm³/mol. The van der Waals surface area contributed by atoms with Crippen molar-refractivity contribution in [2.24, 2.45) is 5.73 Å². The van der Waals surface area contributed by atoms with Gasteiger partial charge >= 0.3 is 5.97 Å². The topological polar surface area (TPSA) is 114 Å². The molecule has 0 fully saturated rings. The maximum absolute atomic E-state index is 13.1. The lowest BCUT2D eigenvalue weighted by Crippen LogP contribution is -2.32. The molecule has 0 spiro atoms. The third-order valence-corrected chi connectivity index (χ3v) is 5.57. The molecule has 0 unspecified atom stereocenters. The lowest BCUT2D eigenvalue weighted by molar-refractivity contribution is -0.117. The molecule has 0 aliphatic carbocycles. The largest absolute Gasteiger partial charge is 0.465 e. The quantitative estimate of drug-likeness (QED) is 0.387. The number of rotatable bonds is 6. The fraction of sp³-hybridized carbons (Fsp3) is 0.115. The van der Waals surface area contributed by atoms with E-state index in [1.165, 1.54) is 12.0 Å². The molecule has 172 valence electrons.